The van der Waals surface area contributed by atoms with Crippen LogP contribution in [0.4, 0.5) is 0 Å². The largest absolute Gasteiger partial charge is 0.494 e. The number of esters is 1. The Balaban J connectivity index is 1.96. The summed E-state index contributed by atoms with van der Waals surface area (Å²) in [4.78, 5) is 27.8. The van der Waals surface area contributed by atoms with Crippen molar-refractivity contribution in [2.75, 3.05) is 14.2 Å². The summed E-state index contributed by atoms with van der Waals surface area (Å²) >= 11 is 5.22. The summed E-state index contributed by atoms with van der Waals surface area (Å²) in [5.74, 6) is -0.551. The van der Waals surface area contributed by atoms with E-state index < -0.39 is 23.5 Å². The maximum Gasteiger partial charge on any atom is 0.343 e. The summed E-state index contributed by atoms with van der Waals surface area (Å²) in [5.41, 5.74) is 0.279. The number of aromatic hydroxyl groups is 1. The Kier molecular flexibility index (Phi) is 4.59. The average Bonchev–Trinajstić information content (AvgIpc) is 3.04. The number of hydrogen-bond donors (Lipinski definition) is 2. The highest BCUT2D eigenvalue weighted by molar-refractivity contribution is 7.71. The number of para-hydroxylation sites is 1. The second-order valence-corrected chi connectivity index (χ2v) is 6.60. The monoisotopic (exact) mass is 412 g/mol. The first-order valence-electron chi connectivity index (χ1n) is 8.57. The lowest BCUT2D eigenvalue weighted by atomic mass is 9.99. The summed E-state index contributed by atoms with van der Waals surface area (Å²) in [6.07, 6.45) is -1.13. The van der Waals surface area contributed by atoms with Gasteiger partial charge in [0.2, 0.25) is 5.88 Å². The highest BCUT2D eigenvalue weighted by Crippen LogP contribution is 2.45. The van der Waals surface area contributed by atoms with Crippen molar-refractivity contribution in [1.82, 2.24) is 9.55 Å². The van der Waals surface area contributed by atoms with Gasteiger partial charge in [-0.15, -0.1) is 0 Å². The van der Waals surface area contributed by atoms with E-state index in [1.807, 2.05) is 6.07 Å². The Morgan fingerprint density at radius 1 is 1.10 bits per heavy atom. The fraction of sp³-hybridized carbons (Fsp3) is 0.150. The van der Waals surface area contributed by atoms with E-state index in [0.29, 0.717) is 17.0 Å². The molecule has 1 atom stereocenters. The van der Waals surface area contributed by atoms with Gasteiger partial charge in [-0.3, -0.25) is 14.3 Å². The molecule has 0 saturated carbocycles. The zero-order chi connectivity index (χ0) is 20.7. The third-order valence-electron chi connectivity index (χ3n) is 4.69. The molecule has 0 amide bonds. The molecule has 0 spiro atoms. The number of ether oxygens (including phenoxy) is 3. The molecule has 1 aliphatic rings. The Morgan fingerprint density at radius 2 is 1.83 bits per heavy atom. The lowest BCUT2D eigenvalue weighted by Crippen LogP contribution is -2.21. The van der Waals surface area contributed by atoms with E-state index in [4.69, 9.17) is 26.4 Å². The molecular weight excluding hydrogens is 396 g/mol. The third kappa shape index (κ3) is 2.87. The van der Waals surface area contributed by atoms with Crippen LogP contribution in [0.15, 0.2) is 47.3 Å². The van der Waals surface area contributed by atoms with Gasteiger partial charge < -0.3 is 19.3 Å². The van der Waals surface area contributed by atoms with Crippen molar-refractivity contribution in [1.29, 1.82) is 0 Å². The van der Waals surface area contributed by atoms with Crippen LogP contribution in [0.25, 0.3) is 5.69 Å². The predicted molar refractivity (Wildman–Crippen MR) is 106 cm³/mol. The van der Waals surface area contributed by atoms with Crippen molar-refractivity contribution in [3.8, 4) is 23.1 Å². The first-order valence-corrected chi connectivity index (χ1v) is 8.98. The quantitative estimate of drug-likeness (QED) is 0.502. The first kappa shape index (κ1) is 18.8. The minimum absolute atomic E-state index is 0.0132. The number of hydrogen-bond acceptors (Lipinski definition) is 7. The zero-order valence-electron chi connectivity index (χ0n) is 15.5. The molecule has 0 saturated heterocycles. The van der Waals surface area contributed by atoms with Crippen molar-refractivity contribution in [3.63, 3.8) is 0 Å². The summed E-state index contributed by atoms with van der Waals surface area (Å²) in [6.45, 7) is 0. The van der Waals surface area contributed by atoms with Crippen molar-refractivity contribution in [2.45, 2.75) is 6.10 Å². The average molecular weight is 412 g/mol. The van der Waals surface area contributed by atoms with Crippen LogP contribution in [-0.2, 0) is 4.74 Å². The van der Waals surface area contributed by atoms with Crippen molar-refractivity contribution in [2.24, 2.45) is 0 Å². The van der Waals surface area contributed by atoms with Crippen molar-refractivity contribution < 1.29 is 24.1 Å². The van der Waals surface area contributed by atoms with Crippen LogP contribution in [0.3, 0.4) is 0 Å². The van der Waals surface area contributed by atoms with Crippen LogP contribution in [0.1, 0.15) is 27.6 Å². The minimum Gasteiger partial charge on any atom is -0.494 e. The molecule has 9 heteroatoms. The molecule has 3 aromatic rings. The molecule has 8 nitrogen and oxygen atoms in total. The standard InChI is InChI=1S/C20H16N2O6S/c1-26-12-9-8-11-13(16(12)27-2)19(25)28-15(11)14-17(23)21-20(29)22(18(14)24)10-6-4-3-5-7-10/h3-9,15,24H,1-2H3,(H,21,23,29)/t15-/m1/s1. The fourth-order valence-electron chi connectivity index (χ4n) is 3.41. The van der Waals surface area contributed by atoms with Crippen molar-refractivity contribution in [3.05, 3.63) is 74.3 Å². The van der Waals surface area contributed by atoms with Crippen LogP contribution < -0.4 is 15.0 Å². The maximum atomic E-state index is 12.7. The van der Waals surface area contributed by atoms with Gasteiger partial charge in [0.05, 0.1) is 19.9 Å². The molecule has 2 N–H and O–H groups in total. The number of aromatic nitrogens is 2. The van der Waals surface area contributed by atoms with Crippen LogP contribution in [0.2, 0.25) is 0 Å². The number of nitrogens with one attached hydrogen (secondary N) is 1. The number of benzene rings is 2. The van der Waals surface area contributed by atoms with E-state index in [-0.39, 0.29) is 21.6 Å². The predicted octanol–water partition coefficient (Wildman–Crippen LogP) is 2.88. The maximum absolute atomic E-state index is 12.7. The molecule has 2 heterocycles. The Morgan fingerprint density at radius 3 is 2.48 bits per heavy atom. The van der Waals surface area contributed by atoms with Gasteiger partial charge in [0.25, 0.3) is 5.56 Å². The van der Waals surface area contributed by atoms with Gasteiger partial charge in [0, 0.05) is 5.56 Å². The van der Waals surface area contributed by atoms with Gasteiger partial charge in [0.15, 0.2) is 22.4 Å². The van der Waals surface area contributed by atoms with Gasteiger partial charge in [-0.05, 0) is 30.4 Å². The van der Waals surface area contributed by atoms with E-state index in [0.717, 1.165) is 0 Å². The smallest absolute Gasteiger partial charge is 0.343 e. The number of rotatable bonds is 4. The van der Waals surface area contributed by atoms with E-state index in [9.17, 15) is 14.7 Å². The molecule has 0 unspecified atom stereocenters. The summed E-state index contributed by atoms with van der Waals surface area (Å²) in [5, 5.41) is 10.9. The van der Waals surface area contributed by atoms with E-state index in [2.05, 4.69) is 4.98 Å². The number of fused-ring (bicyclic) bond motifs is 1. The number of carbonyl (C=O) groups excluding carboxylic acids is 1. The van der Waals surface area contributed by atoms with Crippen LogP contribution in [0.5, 0.6) is 17.4 Å². The number of nitrogens with zero attached hydrogens (tertiary/aromatic N) is 1. The van der Waals surface area contributed by atoms with E-state index in [1.165, 1.54) is 18.8 Å². The Labute approximate surface area is 169 Å². The molecule has 2 aromatic carbocycles. The normalized spacial score (nSPS) is 15.0. The molecule has 1 aliphatic heterocycles. The molecule has 148 valence electrons. The number of cyclic esters (lactones) is 1. The summed E-state index contributed by atoms with van der Waals surface area (Å²) in [6, 6.07) is 12.0. The summed E-state index contributed by atoms with van der Waals surface area (Å²) in [7, 11) is 2.85. The number of aromatic amines is 1. The minimum atomic E-state index is -1.13. The highest BCUT2D eigenvalue weighted by Gasteiger charge is 2.40. The highest BCUT2D eigenvalue weighted by atomic mass is 32.1. The van der Waals surface area contributed by atoms with Gasteiger partial charge in [-0.1, -0.05) is 24.3 Å². The van der Waals surface area contributed by atoms with Gasteiger partial charge >= 0.3 is 5.97 Å². The van der Waals surface area contributed by atoms with E-state index >= 15 is 0 Å². The Hall–Kier alpha value is -3.59. The van der Waals surface area contributed by atoms with Crippen LogP contribution in [-0.4, -0.2) is 34.8 Å². The number of methoxy groups -OCH3 is 2. The molecule has 0 fully saturated rings. The molecule has 0 aliphatic carbocycles. The van der Waals surface area contributed by atoms with Gasteiger partial charge in [-0.25, -0.2) is 4.79 Å². The van der Waals surface area contributed by atoms with Gasteiger partial charge in [0.1, 0.15) is 11.1 Å². The first-order chi connectivity index (χ1) is 14.0. The molecule has 29 heavy (non-hydrogen) atoms. The number of H-pyrrole nitrogens is 1. The van der Waals surface area contributed by atoms with Crippen LogP contribution >= 0.6 is 12.2 Å². The fourth-order valence-corrected chi connectivity index (χ4v) is 3.69. The lowest BCUT2D eigenvalue weighted by molar-refractivity contribution is 0.0447. The second-order valence-electron chi connectivity index (χ2n) is 6.22. The number of carbonyl (C=O) groups is 1. The SMILES string of the molecule is COc1ccc2c(c1OC)C(=O)O[C@H]2c1c(O)n(-c2ccccc2)c(=S)[nH]c1=O. The topological polar surface area (TPSA) is 103 Å². The zero-order valence-corrected chi connectivity index (χ0v) is 16.3. The van der Waals surface area contributed by atoms with Crippen LogP contribution in [0, 0.1) is 4.77 Å². The molecule has 1 aromatic heterocycles. The molecule has 0 radical (unpaired) electrons. The lowest BCUT2D eigenvalue weighted by Gasteiger charge is -2.17. The molecule has 4 rings (SSSR count). The van der Waals surface area contributed by atoms with Gasteiger partial charge in [-0.2, -0.15) is 0 Å². The third-order valence-corrected chi connectivity index (χ3v) is 4.97. The molecule has 0 bridgehead atoms. The second kappa shape index (κ2) is 7.10. The van der Waals surface area contributed by atoms with Crippen molar-refractivity contribution >= 4 is 18.2 Å². The van der Waals surface area contributed by atoms with E-state index in [1.54, 1.807) is 36.4 Å². The Bertz CT molecular complexity index is 1230. The molecular formula is C20H16N2O6S. The summed E-state index contributed by atoms with van der Waals surface area (Å²) < 4.78 is 17.3.